The molecular weight excluding hydrogens is 525 g/mol. The van der Waals surface area contributed by atoms with Crippen LogP contribution in [0.2, 0.25) is 0 Å². The molecule has 38 heavy (non-hydrogen) atoms. The van der Waals surface area contributed by atoms with Crippen molar-refractivity contribution in [3.05, 3.63) is 71.2 Å². The summed E-state index contributed by atoms with van der Waals surface area (Å²) in [5.74, 6) is -1.92. The van der Waals surface area contributed by atoms with E-state index >= 15 is 0 Å². The molecule has 0 fully saturated rings. The van der Waals surface area contributed by atoms with Crippen molar-refractivity contribution in [2.45, 2.75) is 12.4 Å². The number of nitrogens with zero attached hydrogens (tertiary/aromatic N) is 2. The monoisotopic (exact) mass is 542 g/mol. The summed E-state index contributed by atoms with van der Waals surface area (Å²) >= 11 is 0. The molecule has 0 aliphatic carbocycles. The van der Waals surface area contributed by atoms with Crippen LogP contribution in [-0.2, 0) is 17.1 Å². The van der Waals surface area contributed by atoms with E-state index in [1.54, 1.807) is 0 Å². The first-order valence-electron chi connectivity index (χ1n) is 10.8. The number of benzene rings is 2. The zero-order valence-electron chi connectivity index (χ0n) is 19.3. The number of anilines is 2. The van der Waals surface area contributed by atoms with E-state index in [1.165, 1.54) is 24.3 Å². The van der Waals surface area contributed by atoms with E-state index in [4.69, 9.17) is 9.26 Å². The van der Waals surface area contributed by atoms with Gasteiger partial charge in [-0.05, 0) is 24.3 Å². The number of nitrogens with one attached hydrogen (secondary N) is 2. The van der Waals surface area contributed by atoms with Gasteiger partial charge < -0.3 is 19.9 Å². The molecule has 0 saturated heterocycles. The molecule has 0 spiro atoms. The van der Waals surface area contributed by atoms with Crippen molar-refractivity contribution >= 4 is 28.4 Å². The second-order valence-corrected chi connectivity index (χ2v) is 7.81. The minimum Gasteiger partial charge on any atom is -0.465 e. The molecule has 4 aromatic rings. The molecule has 2 heterocycles. The summed E-state index contributed by atoms with van der Waals surface area (Å²) in [7, 11) is 1.09. The van der Waals surface area contributed by atoms with Crippen molar-refractivity contribution < 1.29 is 44.8 Å². The van der Waals surface area contributed by atoms with Crippen molar-refractivity contribution in [2.24, 2.45) is 0 Å². The number of ether oxygens (including phenoxy) is 1. The van der Waals surface area contributed by atoms with Gasteiger partial charge in [0, 0.05) is 24.2 Å². The van der Waals surface area contributed by atoms with Crippen molar-refractivity contribution in [3.8, 4) is 11.3 Å². The summed E-state index contributed by atoms with van der Waals surface area (Å²) in [5.41, 5.74) is -4.19. The van der Waals surface area contributed by atoms with Gasteiger partial charge in [0.25, 0.3) is 0 Å². The summed E-state index contributed by atoms with van der Waals surface area (Å²) in [4.78, 5) is 15.6. The number of fused-ring (bicyclic) bond motifs is 1. The Bertz CT molecular complexity index is 1480. The molecule has 0 radical (unpaired) electrons. The molecule has 7 nitrogen and oxygen atoms in total. The van der Waals surface area contributed by atoms with E-state index in [0.717, 1.165) is 19.2 Å². The number of carbonyl (C=O) groups is 1. The van der Waals surface area contributed by atoms with Gasteiger partial charge in [-0.1, -0.05) is 29.4 Å². The number of alkyl halides is 6. The van der Waals surface area contributed by atoms with Crippen molar-refractivity contribution in [1.29, 1.82) is 0 Å². The lowest BCUT2D eigenvalue weighted by atomic mass is 10.1. The summed E-state index contributed by atoms with van der Waals surface area (Å²) in [6, 6.07) is 8.97. The first kappa shape index (κ1) is 26.7. The first-order chi connectivity index (χ1) is 17.9. The third kappa shape index (κ3) is 5.33. The average Bonchev–Trinajstić information content (AvgIpc) is 3.28. The number of hydrogen-bond acceptors (Lipinski definition) is 7. The Hall–Kier alpha value is -4.36. The van der Waals surface area contributed by atoms with E-state index in [1.807, 2.05) is 0 Å². The summed E-state index contributed by atoms with van der Waals surface area (Å²) in [6.45, 7) is -0.216. The SMILES string of the molecule is COC(=O)c1c(NCCNc2cc(C(F)(F)F)nc3c(C(F)(F)F)cccc23)noc1-c1ccccc1F. The summed E-state index contributed by atoms with van der Waals surface area (Å²) < 4.78 is 105. The number of rotatable bonds is 7. The fraction of sp³-hybridized carbons (Fsp3) is 0.208. The molecule has 2 aromatic heterocycles. The Labute approximate surface area is 209 Å². The Morgan fingerprint density at radius 3 is 2.34 bits per heavy atom. The van der Waals surface area contributed by atoms with Crippen LogP contribution < -0.4 is 10.6 Å². The third-order valence-electron chi connectivity index (χ3n) is 5.37. The van der Waals surface area contributed by atoms with Crippen LogP contribution >= 0.6 is 0 Å². The minimum absolute atomic E-state index is 0.0602. The fourth-order valence-corrected chi connectivity index (χ4v) is 3.68. The zero-order valence-corrected chi connectivity index (χ0v) is 19.3. The molecule has 2 N–H and O–H groups in total. The van der Waals surface area contributed by atoms with E-state index in [2.05, 4.69) is 20.8 Å². The van der Waals surface area contributed by atoms with Gasteiger partial charge in [-0.3, -0.25) is 0 Å². The molecule has 0 bridgehead atoms. The van der Waals surface area contributed by atoms with Gasteiger partial charge in [-0.2, -0.15) is 26.3 Å². The number of esters is 1. The van der Waals surface area contributed by atoms with Gasteiger partial charge in [0.05, 0.1) is 23.8 Å². The predicted molar refractivity (Wildman–Crippen MR) is 122 cm³/mol. The highest BCUT2D eigenvalue weighted by Gasteiger charge is 2.37. The van der Waals surface area contributed by atoms with Crippen molar-refractivity contribution in [3.63, 3.8) is 0 Å². The van der Waals surface area contributed by atoms with E-state index in [-0.39, 0.29) is 46.9 Å². The molecule has 14 heteroatoms. The number of para-hydroxylation sites is 1. The molecule has 0 unspecified atom stereocenters. The number of halogens is 7. The minimum atomic E-state index is -5.00. The molecule has 200 valence electrons. The number of methoxy groups -OCH3 is 1. The Balaban J connectivity index is 1.60. The van der Waals surface area contributed by atoms with Gasteiger partial charge in [-0.25, -0.2) is 14.2 Å². The lowest BCUT2D eigenvalue weighted by molar-refractivity contribution is -0.142. The van der Waals surface area contributed by atoms with Gasteiger partial charge >= 0.3 is 18.3 Å². The number of pyridine rings is 1. The molecule has 4 rings (SSSR count). The maximum absolute atomic E-state index is 14.2. The topological polar surface area (TPSA) is 89.3 Å². The highest BCUT2D eigenvalue weighted by molar-refractivity contribution is 6.00. The molecule has 0 atom stereocenters. The molecule has 0 saturated carbocycles. The normalized spacial score (nSPS) is 12.0. The van der Waals surface area contributed by atoms with Crippen LogP contribution in [0.25, 0.3) is 22.2 Å². The second kappa shape index (κ2) is 10.2. The lowest BCUT2D eigenvalue weighted by Crippen LogP contribution is -2.17. The van der Waals surface area contributed by atoms with Crippen LogP contribution in [-0.4, -0.2) is 36.3 Å². The van der Waals surface area contributed by atoms with Crippen LogP contribution in [0.5, 0.6) is 0 Å². The second-order valence-electron chi connectivity index (χ2n) is 7.81. The Morgan fingerprint density at radius 1 is 0.974 bits per heavy atom. The first-order valence-corrected chi connectivity index (χ1v) is 10.8. The Morgan fingerprint density at radius 2 is 1.68 bits per heavy atom. The van der Waals surface area contributed by atoms with E-state index < -0.39 is 40.9 Å². The summed E-state index contributed by atoms with van der Waals surface area (Å²) in [5, 5.41) is 8.93. The number of hydrogen-bond donors (Lipinski definition) is 2. The van der Waals surface area contributed by atoms with Crippen LogP contribution in [0.4, 0.5) is 42.2 Å². The molecule has 0 amide bonds. The van der Waals surface area contributed by atoms with Crippen molar-refractivity contribution in [1.82, 2.24) is 10.1 Å². The van der Waals surface area contributed by atoms with Crippen LogP contribution in [0, 0.1) is 5.82 Å². The average molecular weight is 542 g/mol. The smallest absolute Gasteiger partial charge is 0.433 e. The quantitative estimate of drug-likeness (QED) is 0.159. The van der Waals surface area contributed by atoms with Crippen LogP contribution in [0.3, 0.4) is 0 Å². The number of carbonyl (C=O) groups excluding carboxylic acids is 1. The predicted octanol–water partition coefficient (Wildman–Crippen LogP) is 6.38. The third-order valence-corrected chi connectivity index (χ3v) is 5.37. The Kier molecular flexibility index (Phi) is 7.16. The van der Waals surface area contributed by atoms with Gasteiger partial charge in [0.1, 0.15) is 11.5 Å². The largest absolute Gasteiger partial charge is 0.465 e. The van der Waals surface area contributed by atoms with Gasteiger partial charge in [0.15, 0.2) is 17.1 Å². The summed E-state index contributed by atoms with van der Waals surface area (Å²) in [6.07, 6.45) is -9.93. The molecular formula is C24H17F7N4O3. The van der Waals surface area contributed by atoms with E-state index in [0.29, 0.717) is 12.1 Å². The maximum atomic E-state index is 14.2. The van der Waals surface area contributed by atoms with Crippen LogP contribution in [0.1, 0.15) is 21.6 Å². The fourth-order valence-electron chi connectivity index (χ4n) is 3.68. The number of aromatic nitrogens is 2. The highest BCUT2D eigenvalue weighted by atomic mass is 19.4. The maximum Gasteiger partial charge on any atom is 0.433 e. The van der Waals surface area contributed by atoms with Crippen molar-refractivity contribution in [2.75, 3.05) is 30.8 Å². The van der Waals surface area contributed by atoms with E-state index in [9.17, 15) is 35.5 Å². The molecule has 0 aliphatic rings. The van der Waals surface area contributed by atoms with Gasteiger partial charge in [0.2, 0.25) is 0 Å². The molecule has 0 aliphatic heterocycles. The standard InChI is InChI=1S/C24H17F7N4O3/c1-37-22(36)18-20(12-5-2-3-8-15(12)25)38-35-21(18)33-10-9-32-16-11-17(24(29,30)31)34-19-13(16)6-4-7-14(19)23(26,27)28/h2-8,11H,9-10H2,1H3,(H,32,34)(H,33,35). The lowest BCUT2D eigenvalue weighted by Gasteiger charge is -2.16. The van der Waals surface area contributed by atoms with Gasteiger partial charge in [-0.15, -0.1) is 0 Å². The zero-order chi connectivity index (χ0) is 27.7. The highest BCUT2D eigenvalue weighted by Crippen LogP contribution is 2.39. The molecule has 2 aromatic carbocycles. The van der Waals surface area contributed by atoms with Crippen LogP contribution in [0.15, 0.2) is 53.1 Å².